The number of hydrogen-bond acceptors (Lipinski definition) is 3. The van der Waals surface area contributed by atoms with E-state index in [4.69, 9.17) is 4.74 Å². The normalized spacial score (nSPS) is 10.2. The summed E-state index contributed by atoms with van der Waals surface area (Å²) >= 11 is 1.64. The zero-order valence-electron chi connectivity index (χ0n) is 13.5. The Morgan fingerprint density at radius 3 is 2.59 bits per heavy atom. The van der Waals surface area contributed by atoms with Gasteiger partial charge in [0.2, 0.25) is 0 Å². The maximum atomic E-state index is 12.2. The van der Waals surface area contributed by atoms with Gasteiger partial charge in [-0.1, -0.05) is 36.2 Å². The van der Waals surface area contributed by atoms with E-state index in [2.05, 4.69) is 6.07 Å². The monoisotopic (exact) mass is 391 g/mol. The van der Waals surface area contributed by atoms with Crippen LogP contribution in [0.25, 0.3) is 11.3 Å². The van der Waals surface area contributed by atoms with Crippen LogP contribution in [0.2, 0.25) is 0 Å². The zero-order chi connectivity index (χ0) is 15.4. The van der Waals surface area contributed by atoms with Crippen molar-refractivity contribution in [2.45, 2.75) is 27.3 Å². The molecule has 0 spiro atoms. The molecular weight excluding hydrogens is 371 g/mol. The fraction of sp³-hybridized carbons (Fsp3) is 0.353. The van der Waals surface area contributed by atoms with Crippen molar-refractivity contribution in [2.75, 3.05) is 12.2 Å². The van der Waals surface area contributed by atoms with Gasteiger partial charge in [0.15, 0.2) is 5.56 Å². The van der Waals surface area contributed by atoms with Crippen molar-refractivity contribution in [1.29, 1.82) is 0 Å². The van der Waals surface area contributed by atoms with Crippen LogP contribution in [0.5, 0.6) is 5.75 Å². The van der Waals surface area contributed by atoms with Gasteiger partial charge in [0.05, 0.1) is 0 Å². The molecule has 0 N–H and O–H groups in total. The molecule has 1 aromatic heterocycles. The summed E-state index contributed by atoms with van der Waals surface area (Å²) in [6.07, 6.45) is 2.00. The number of thioether (sulfide) groups is 1. The second kappa shape index (κ2) is 8.90. The molecule has 3 nitrogen and oxygen atoms in total. The summed E-state index contributed by atoms with van der Waals surface area (Å²) in [5.74, 6) is 1.48. The van der Waals surface area contributed by atoms with E-state index < -0.39 is 0 Å². The minimum atomic E-state index is 0. The summed E-state index contributed by atoms with van der Waals surface area (Å²) in [5, 5.41) is 0. The average Bonchev–Trinajstić information content (AvgIpc) is 2.48. The Hall–Kier alpha value is -0.576. The van der Waals surface area contributed by atoms with Gasteiger partial charge < -0.3 is 9.30 Å². The van der Waals surface area contributed by atoms with E-state index in [9.17, 15) is 4.79 Å². The fourth-order valence-electron chi connectivity index (χ4n) is 2.27. The molecule has 22 heavy (non-hydrogen) atoms. The van der Waals surface area contributed by atoms with Gasteiger partial charge in [0, 0.05) is 39.3 Å². The fourth-order valence-corrected chi connectivity index (χ4v) is 2.53. The molecule has 1 heterocycles. The van der Waals surface area contributed by atoms with Crippen LogP contribution < -0.4 is 10.3 Å². The van der Waals surface area contributed by atoms with E-state index in [1.165, 1.54) is 0 Å². The molecule has 2 rings (SSSR count). The third-order valence-corrected chi connectivity index (χ3v) is 3.74. The molecule has 115 valence electrons. The molecule has 0 saturated carbocycles. The van der Waals surface area contributed by atoms with Crippen LogP contribution in [0.15, 0.2) is 29.1 Å². The molecule has 0 fully saturated rings. The summed E-state index contributed by atoms with van der Waals surface area (Å²) in [6.45, 7) is 6.46. The largest absolute Gasteiger partial charge is 0.483 e. The van der Waals surface area contributed by atoms with Crippen LogP contribution >= 0.6 is 11.8 Å². The molecule has 1 aromatic carbocycles. The summed E-state index contributed by atoms with van der Waals surface area (Å²) < 4.78 is 7.37. The van der Waals surface area contributed by atoms with Crippen molar-refractivity contribution >= 4 is 11.8 Å². The van der Waals surface area contributed by atoms with Gasteiger partial charge in [-0.15, -0.1) is 17.8 Å². The molecule has 0 aliphatic carbocycles. The number of nitrogens with zero attached hydrogens (tertiary/aromatic N) is 1. The second-order valence-electron chi connectivity index (χ2n) is 4.90. The molecule has 0 unspecified atom stereocenters. The van der Waals surface area contributed by atoms with Gasteiger partial charge in [-0.25, -0.2) is 0 Å². The van der Waals surface area contributed by atoms with Gasteiger partial charge in [-0.3, -0.25) is 4.79 Å². The second-order valence-corrected chi connectivity index (χ2v) is 5.71. The number of aryl methyl sites for hydroxylation is 2. The Kier molecular flexibility index (Phi) is 7.88. The van der Waals surface area contributed by atoms with E-state index in [0.29, 0.717) is 12.5 Å². The Morgan fingerprint density at radius 1 is 1.27 bits per heavy atom. The number of hydrogen-bond donors (Lipinski definition) is 0. The maximum Gasteiger partial charge on any atom is 0.197 e. The van der Waals surface area contributed by atoms with Crippen molar-refractivity contribution in [3.63, 3.8) is 0 Å². The van der Waals surface area contributed by atoms with Crippen LogP contribution in [0.3, 0.4) is 0 Å². The van der Waals surface area contributed by atoms with Gasteiger partial charge >= 0.3 is 0 Å². The molecule has 0 saturated heterocycles. The summed E-state index contributed by atoms with van der Waals surface area (Å²) in [4.78, 5) is 12.2. The predicted octanol–water partition coefficient (Wildman–Crippen LogP) is 3.65. The van der Waals surface area contributed by atoms with Crippen LogP contribution in [0.1, 0.15) is 18.1 Å². The van der Waals surface area contributed by atoms with Crippen LogP contribution in [0.4, 0.5) is 0 Å². The van der Waals surface area contributed by atoms with E-state index >= 15 is 0 Å². The van der Waals surface area contributed by atoms with Crippen molar-refractivity contribution < 1.29 is 37.4 Å². The number of aromatic nitrogens is 1. The number of benzene rings is 1. The molecule has 0 aliphatic heterocycles. The molecule has 0 bridgehead atoms. The van der Waals surface area contributed by atoms with E-state index in [1.807, 2.05) is 45.2 Å². The topological polar surface area (TPSA) is 31.2 Å². The third-order valence-electron chi connectivity index (χ3n) is 3.39. The van der Waals surface area contributed by atoms with Crippen molar-refractivity contribution in [3.05, 3.63) is 51.8 Å². The molecule has 0 aliphatic rings. The number of rotatable bonds is 5. The van der Waals surface area contributed by atoms with Crippen LogP contribution in [-0.2, 0) is 39.3 Å². The van der Waals surface area contributed by atoms with Gasteiger partial charge in [-0.05, 0) is 25.3 Å². The van der Waals surface area contributed by atoms with Crippen molar-refractivity contribution in [3.8, 4) is 17.0 Å². The van der Waals surface area contributed by atoms with E-state index in [0.717, 1.165) is 28.1 Å². The van der Waals surface area contributed by atoms with Crippen molar-refractivity contribution in [2.24, 2.45) is 0 Å². The first-order valence-corrected chi connectivity index (χ1v) is 8.32. The Balaban J connectivity index is 0.00000242. The first-order chi connectivity index (χ1) is 10.1. The van der Waals surface area contributed by atoms with Gasteiger partial charge in [0.25, 0.3) is 0 Å². The number of ether oxygens (including phenoxy) is 1. The SMILES string of the molecule is CCn1c(-c2ccc(OCSC)cc2C)[c-]cc(C)c1=O.[Y]. The first kappa shape index (κ1) is 19.5. The first-order valence-electron chi connectivity index (χ1n) is 6.93. The zero-order valence-corrected chi connectivity index (χ0v) is 17.1. The standard InChI is InChI=1S/C17H20NO2S.Y/c1-5-18-16(9-6-12(2)17(18)19)15-8-7-14(10-13(15)3)20-11-21-4;/h6-8,10H,5,11H2,1-4H3;/q-1;. The summed E-state index contributed by atoms with van der Waals surface area (Å²) in [6, 6.07) is 10.9. The minimum Gasteiger partial charge on any atom is -0.483 e. The Labute approximate surface area is 161 Å². The van der Waals surface area contributed by atoms with Gasteiger partial charge in [-0.2, -0.15) is 12.1 Å². The molecule has 0 atom stereocenters. The van der Waals surface area contributed by atoms with E-state index in [1.54, 1.807) is 22.4 Å². The van der Waals surface area contributed by atoms with E-state index in [-0.39, 0.29) is 38.3 Å². The molecular formula is C17H20NO2SY-. The molecule has 2 aromatic rings. The Morgan fingerprint density at radius 2 is 2.00 bits per heavy atom. The molecule has 0 amide bonds. The maximum absolute atomic E-state index is 12.2. The molecule has 5 heteroatoms. The number of pyridine rings is 1. The smallest absolute Gasteiger partial charge is 0.197 e. The summed E-state index contributed by atoms with van der Waals surface area (Å²) in [7, 11) is 0. The van der Waals surface area contributed by atoms with Gasteiger partial charge in [0.1, 0.15) is 11.7 Å². The third kappa shape index (κ3) is 4.24. The quantitative estimate of drug-likeness (QED) is 0.576. The summed E-state index contributed by atoms with van der Waals surface area (Å²) in [5.41, 5.74) is 3.70. The van der Waals surface area contributed by atoms with Crippen LogP contribution in [0, 0.1) is 19.9 Å². The molecule has 1 radical (unpaired) electrons. The average molecular weight is 391 g/mol. The van der Waals surface area contributed by atoms with Crippen molar-refractivity contribution in [1.82, 2.24) is 4.57 Å². The predicted molar refractivity (Wildman–Crippen MR) is 89.1 cm³/mol. The van der Waals surface area contributed by atoms with Crippen LogP contribution in [-0.4, -0.2) is 16.8 Å². The Bertz CT molecular complexity index is 698. The minimum absolute atomic E-state index is 0.